The van der Waals surface area contributed by atoms with E-state index in [1.165, 1.54) is 0 Å². The van der Waals surface area contributed by atoms with Gasteiger partial charge in [0.15, 0.2) is 0 Å². The summed E-state index contributed by atoms with van der Waals surface area (Å²) < 4.78 is 0. The van der Waals surface area contributed by atoms with Gasteiger partial charge in [-0.1, -0.05) is 45.3 Å². The molecule has 0 aliphatic carbocycles. The lowest BCUT2D eigenvalue weighted by atomic mass is 9.95. The van der Waals surface area contributed by atoms with Crippen LogP contribution in [0.1, 0.15) is 20.7 Å². The van der Waals surface area contributed by atoms with Gasteiger partial charge in [-0.3, -0.25) is 9.59 Å². The lowest BCUT2D eigenvalue weighted by molar-refractivity contribution is -0.165. The number of hydroxylamine groups is 2. The van der Waals surface area contributed by atoms with Crippen LogP contribution in [0, 0.1) is 0 Å². The molecule has 0 spiro atoms. The number of benzene rings is 2. The van der Waals surface area contributed by atoms with Crippen LogP contribution in [0.2, 0.25) is 0 Å². The number of carbonyl (C=O) groups is 3. The fraction of sp³-hybridized carbons (Fsp3) is 0.0714. The maximum absolute atomic E-state index is 12.3. The van der Waals surface area contributed by atoms with Crippen molar-refractivity contribution in [3.8, 4) is 0 Å². The summed E-state index contributed by atoms with van der Waals surface area (Å²) in [5.74, 6) is -1.97. The molecule has 1 aliphatic heterocycles. The molecule has 100 valence electrons. The first-order valence-electron chi connectivity index (χ1n) is 5.81. The van der Waals surface area contributed by atoms with Gasteiger partial charge in [0.2, 0.25) is 0 Å². The van der Waals surface area contributed by atoms with Gasteiger partial charge in [0, 0.05) is 5.39 Å². The molecular weight excluding hydrogens is 326 g/mol. The summed E-state index contributed by atoms with van der Waals surface area (Å²) in [6.45, 7) is 0. The van der Waals surface area contributed by atoms with Gasteiger partial charge >= 0.3 is 5.97 Å². The molecule has 0 saturated carbocycles. The molecule has 0 aromatic heterocycles. The van der Waals surface area contributed by atoms with Crippen molar-refractivity contribution in [3.05, 3.63) is 47.5 Å². The Morgan fingerprint density at radius 1 is 1.05 bits per heavy atom. The molecule has 6 heteroatoms. The molecule has 0 unspecified atom stereocenters. The minimum atomic E-state index is -0.710. The summed E-state index contributed by atoms with van der Waals surface area (Å²) in [5.41, 5.74) is 0.695. The Kier molecular flexibility index (Phi) is 3.02. The van der Waals surface area contributed by atoms with Crippen LogP contribution in [-0.2, 0) is 9.63 Å². The number of nitrogens with zero attached hydrogens (tertiary/aromatic N) is 1. The van der Waals surface area contributed by atoms with Crippen molar-refractivity contribution in [2.75, 3.05) is 5.33 Å². The number of rotatable bonds is 2. The van der Waals surface area contributed by atoms with Crippen molar-refractivity contribution in [2.45, 2.75) is 0 Å². The van der Waals surface area contributed by atoms with E-state index in [2.05, 4.69) is 15.9 Å². The Balaban J connectivity index is 2.19. The number of halogens is 1. The third-order valence-electron chi connectivity index (χ3n) is 3.04. The van der Waals surface area contributed by atoms with Crippen molar-refractivity contribution in [3.63, 3.8) is 0 Å². The fourth-order valence-electron chi connectivity index (χ4n) is 2.22. The molecule has 1 heterocycles. The first kappa shape index (κ1) is 12.8. The van der Waals surface area contributed by atoms with E-state index in [0.717, 1.165) is 5.39 Å². The second kappa shape index (κ2) is 4.72. The van der Waals surface area contributed by atoms with E-state index < -0.39 is 17.8 Å². The van der Waals surface area contributed by atoms with Crippen molar-refractivity contribution in [1.29, 1.82) is 0 Å². The van der Waals surface area contributed by atoms with Crippen LogP contribution in [0.25, 0.3) is 10.8 Å². The molecule has 0 fully saturated rings. The van der Waals surface area contributed by atoms with Gasteiger partial charge in [0.1, 0.15) is 5.33 Å². The predicted molar refractivity (Wildman–Crippen MR) is 74.3 cm³/mol. The van der Waals surface area contributed by atoms with Gasteiger partial charge < -0.3 is 4.84 Å². The third-order valence-corrected chi connectivity index (χ3v) is 3.49. The lowest BCUT2D eigenvalue weighted by Crippen LogP contribution is -2.42. The summed E-state index contributed by atoms with van der Waals surface area (Å²) >= 11 is 2.92. The summed E-state index contributed by atoms with van der Waals surface area (Å²) in [5, 5.41) is 1.81. The van der Waals surface area contributed by atoms with Gasteiger partial charge in [0.05, 0.1) is 11.1 Å². The van der Waals surface area contributed by atoms with Crippen molar-refractivity contribution >= 4 is 44.5 Å². The van der Waals surface area contributed by atoms with Crippen LogP contribution in [0.5, 0.6) is 0 Å². The Morgan fingerprint density at radius 2 is 1.60 bits per heavy atom. The second-order valence-electron chi connectivity index (χ2n) is 4.21. The summed E-state index contributed by atoms with van der Waals surface area (Å²) in [7, 11) is 0. The highest BCUT2D eigenvalue weighted by atomic mass is 79.9. The first-order chi connectivity index (χ1) is 9.63. The minimum absolute atomic E-state index is 0.101. The number of amides is 2. The molecule has 0 atom stereocenters. The SMILES string of the molecule is O=C(CBr)ON1C(=O)c2cccc3cccc(c23)C1=O. The standard InChI is InChI=1S/C14H8BrNO4/c15-7-11(17)20-16-13(18)9-5-1-3-8-4-2-6-10(12(8)9)14(16)19/h1-6H,7H2. The highest BCUT2D eigenvalue weighted by Gasteiger charge is 2.35. The highest BCUT2D eigenvalue weighted by molar-refractivity contribution is 9.09. The average Bonchev–Trinajstić information content (AvgIpc) is 2.48. The minimum Gasteiger partial charge on any atom is -0.329 e. The van der Waals surface area contributed by atoms with E-state index in [1.54, 1.807) is 24.3 Å². The van der Waals surface area contributed by atoms with Crippen LogP contribution in [-0.4, -0.2) is 28.2 Å². The highest BCUT2D eigenvalue weighted by Crippen LogP contribution is 2.30. The zero-order chi connectivity index (χ0) is 14.3. The van der Waals surface area contributed by atoms with Crippen LogP contribution in [0.4, 0.5) is 0 Å². The number of imide groups is 1. The van der Waals surface area contributed by atoms with E-state index in [1.807, 2.05) is 12.1 Å². The van der Waals surface area contributed by atoms with Gasteiger partial charge in [-0.05, 0) is 17.5 Å². The maximum Gasteiger partial charge on any atom is 0.343 e. The molecule has 2 aromatic carbocycles. The second-order valence-corrected chi connectivity index (χ2v) is 4.77. The van der Waals surface area contributed by atoms with Crippen molar-refractivity contribution in [1.82, 2.24) is 5.06 Å². The number of alkyl halides is 1. The molecule has 2 amide bonds. The van der Waals surface area contributed by atoms with E-state index in [4.69, 9.17) is 4.84 Å². The maximum atomic E-state index is 12.3. The van der Waals surface area contributed by atoms with Crippen molar-refractivity contribution in [2.24, 2.45) is 0 Å². The smallest absolute Gasteiger partial charge is 0.329 e. The van der Waals surface area contributed by atoms with E-state index in [0.29, 0.717) is 21.6 Å². The first-order valence-corrected chi connectivity index (χ1v) is 6.93. The van der Waals surface area contributed by atoms with Gasteiger partial charge in [0.25, 0.3) is 11.8 Å². The van der Waals surface area contributed by atoms with Crippen LogP contribution >= 0.6 is 15.9 Å². The van der Waals surface area contributed by atoms with Crippen LogP contribution in [0.15, 0.2) is 36.4 Å². The summed E-state index contributed by atoms with van der Waals surface area (Å²) in [6.07, 6.45) is 0. The predicted octanol–water partition coefficient (Wildman–Crippen LogP) is 2.29. The monoisotopic (exact) mass is 333 g/mol. The molecule has 0 bridgehead atoms. The third kappa shape index (κ3) is 1.80. The molecule has 20 heavy (non-hydrogen) atoms. The molecule has 5 nitrogen and oxygen atoms in total. The van der Waals surface area contributed by atoms with Gasteiger partial charge in [-0.2, -0.15) is 0 Å². The summed E-state index contributed by atoms with van der Waals surface area (Å²) in [4.78, 5) is 40.7. The fourth-order valence-corrected chi connectivity index (χ4v) is 2.32. The number of hydrogen-bond donors (Lipinski definition) is 0. The van der Waals surface area contributed by atoms with Gasteiger partial charge in [-0.15, -0.1) is 0 Å². The molecule has 0 saturated heterocycles. The summed E-state index contributed by atoms with van der Waals surface area (Å²) in [6, 6.07) is 10.3. The quantitative estimate of drug-likeness (QED) is 0.624. The Bertz CT molecular complexity index is 705. The topological polar surface area (TPSA) is 63.7 Å². The largest absolute Gasteiger partial charge is 0.343 e. The lowest BCUT2D eigenvalue weighted by Gasteiger charge is -2.24. The Hall–Kier alpha value is -2.21. The Labute approximate surface area is 122 Å². The average molecular weight is 334 g/mol. The number of carbonyl (C=O) groups excluding carboxylic acids is 3. The number of hydrogen-bond acceptors (Lipinski definition) is 4. The normalized spacial score (nSPS) is 13.8. The molecule has 1 aliphatic rings. The molecule has 0 N–H and O–H groups in total. The zero-order valence-corrected chi connectivity index (χ0v) is 11.7. The Morgan fingerprint density at radius 3 is 2.10 bits per heavy atom. The van der Waals surface area contributed by atoms with Crippen molar-refractivity contribution < 1.29 is 19.2 Å². The van der Waals surface area contributed by atoms with E-state index in [-0.39, 0.29) is 5.33 Å². The van der Waals surface area contributed by atoms with E-state index in [9.17, 15) is 14.4 Å². The van der Waals surface area contributed by atoms with E-state index >= 15 is 0 Å². The molecule has 0 radical (unpaired) electrons. The molecule has 3 rings (SSSR count). The van der Waals surface area contributed by atoms with Gasteiger partial charge in [-0.25, -0.2) is 4.79 Å². The van der Waals surface area contributed by atoms with Crippen LogP contribution < -0.4 is 0 Å². The molecular formula is C14H8BrNO4. The zero-order valence-electron chi connectivity index (χ0n) is 10.1. The van der Waals surface area contributed by atoms with Crippen LogP contribution in [0.3, 0.4) is 0 Å². The molecule has 2 aromatic rings.